The number of allylic oxidation sites excluding steroid dienone is 1. The van der Waals surface area contributed by atoms with Crippen LogP contribution in [0.1, 0.15) is 32.9 Å². The number of likely N-dealkylation sites (tertiary alicyclic amines) is 1. The number of amides is 3. The fraction of sp³-hybridized carbons (Fsp3) is 0.429. The van der Waals surface area contributed by atoms with Crippen molar-refractivity contribution in [2.75, 3.05) is 18.0 Å². The fourth-order valence-electron chi connectivity index (χ4n) is 4.17. The van der Waals surface area contributed by atoms with Gasteiger partial charge in [0.1, 0.15) is 22.8 Å². The summed E-state index contributed by atoms with van der Waals surface area (Å²) in [5, 5.41) is 25.5. The Morgan fingerprint density at radius 3 is 2.60 bits per heavy atom. The van der Waals surface area contributed by atoms with Crippen molar-refractivity contribution in [3.8, 4) is 0 Å². The Morgan fingerprint density at radius 1 is 1.34 bits per heavy atom. The van der Waals surface area contributed by atoms with E-state index in [1.807, 2.05) is 20.8 Å². The van der Waals surface area contributed by atoms with Crippen molar-refractivity contribution in [1.29, 1.82) is 0 Å². The van der Waals surface area contributed by atoms with Crippen molar-refractivity contribution in [3.05, 3.63) is 34.0 Å². The molecular formula is C21H24N6O6S2. The minimum absolute atomic E-state index is 0.0537. The zero-order valence-electron chi connectivity index (χ0n) is 19.1. The molecule has 3 aliphatic rings. The molecule has 14 heteroatoms. The van der Waals surface area contributed by atoms with Gasteiger partial charge in [-0.3, -0.25) is 19.3 Å². The standard InChI is InChI=1S/C21H24N6O6S2/c1-21(2,3)26-5-4-9(16(26)29)6-10-7-34-18-13(17(30)27(18)14(10)19(31)32)24-15(28)12(25-33)11-8-35-20(22)23-11/h6,8,13,18,33H,4-5,7H2,1-3H3,(H2,22,23)(H,24,28)(H,31,32). The number of aromatic nitrogens is 1. The molecule has 0 aromatic carbocycles. The summed E-state index contributed by atoms with van der Waals surface area (Å²) in [4.78, 5) is 57.2. The number of oxime groups is 1. The number of nitrogens with two attached hydrogens (primary N) is 1. The average Bonchev–Trinajstić information content (AvgIpc) is 3.37. The second-order valence-electron chi connectivity index (χ2n) is 9.11. The second kappa shape index (κ2) is 9.00. The van der Waals surface area contributed by atoms with Gasteiger partial charge in [-0.05, 0) is 38.8 Å². The predicted molar refractivity (Wildman–Crippen MR) is 129 cm³/mol. The number of hydrogen-bond acceptors (Lipinski definition) is 10. The van der Waals surface area contributed by atoms with Crippen LogP contribution in [0.25, 0.3) is 0 Å². The van der Waals surface area contributed by atoms with Crippen LogP contribution in [0.15, 0.2) is 33.5 Å². The number of nitrogens with one attached hydrogen (secondary N) is 1. The molecule has 0 saturated carbocycles. The number of hydrogen-bond donors (Lipinski definition) is 4. The van der Waals surface area contributed by atoms with Gasteiger partial charge in [0.15, 0.2) is 10.8 Å². The molecule has 3 amide bonds. The predicted octanol–water partition coefficient (Wildman–Crippen LogP) is 0.599. The summed E-state index contributed by atoms with van der Waals surface area (Å²) in [5.41, 5.74) is 5.50. The lowest BCUT2D eigenvalue weighted by atomic mass is 10.0. The van der Waals surface area contributed by atoms with E-state index >= 15 is 0 Å². The van der Waals surface area contributed by atoms with Gasteiger partial charge in [0.2, 0.25) is 5.91 Å². The first-order chi connectivity index (χ1) is 16.4. The first kappa shape index (κ1) is 24.7. The third-order valence-electron chi connectivity index (χ3n) is 5.85. The maximum Gasteiger partial charge on any atom is 0.352 e. The molecule has 1 aromatic rings. The van der Waals surface area contributed by atoms with Gasteiger partial charge in [0.25, 0.3) is 11.8 Å². The van der Waals surface area contributed by atoms with Crippen LogP contribution in [-0.2, 0) is 19.2 Å². The van der Waals surface area contributed by atoms with Crippen molar-refractivity contribution in [2.24, 2.45) is 5.16 Å². The summed E-state index contributed by atoms with van der Waals surface area (Å²) in [5.74, 6) is -2.68. The van der Waals surface area contributed by atoms with Crippen molar-refractivity contribution in [1.82, 2.24) is 20.1 Å². The van der Waals surface area contributed by atoms with Gasteiger partial charge in [-0.15, -0.1) is 23.1 Å². The number of thiazole rings is 1. The molecule has 2 fully saturated rings. The third-order valence-corrected chi connectivity index (χ3v) is 7.83. The van der Waals surface area contributed by atoms with E-state index in [-0.39, 0.29) is 33.7 Å². The number of nitrogen functional groups attached to an aromatic ring is 1. The number of carbonyl (C=O) groups is 4. The van der Waals surface area contributed by atoms with Crippen molar-refractivity contribution < 1.29 is 29.5 Å². The molecule has 4 rings (SSSR count). The molecule has 0 bridgehead atoms. The van der Waals surface area contributed by atoms with Gasteiger partial charge < -0.3 is 26.3 Å². The van der Waals surface area contributed by atoms with Crippen LogP contribution in [0.2, 0.25) is 0 Å². The van der Waals surface area contributed by atoms with Crippen LogP contribution in [0.3, 0.4) is 0 Å². The minimum atomic E-state index is -1.30. The summed E-state index contributed by atoms with van der Waals surface area (Å²) < 4.78 is 0. The number of rotatable bonds is 5. The van der Waals surface area contributed by atoms with Gasteiger partial charge in [-0.25, -0.2) is 9.78 Å². The first-order valence-corrected chi connectivity index (χ1v) is 12.5. The Bertz CT molecular complexity index is 1210. The number of anilines is 1. The Balaban J connectivity index is 1.54. The number of carboxylic acids is 1. The van der Waals surface area contributed by atoms with Crippen LogP contribution in [0, 0.1) is 0 Å². The van der Waals surface area contributed by atoms with Crippen molar-refractivity contribution in [2.45, 2.75) is 44.1 Å². The van der Waals surface area contributed by atoms with Crippen LogP contribution >= 0.6 is 23.1 Å². The molecular weight excluding hydrogens is 496 g/mol. The van der Waals surface area contributed by atoms with E-state index in [9.17, 15) is 29.5 Å². The molecule has 2 atom stereocenters. The largest absolute Gasteiger partial charge is 0.477 e. The molecule has 2 unspecified atom stereocenters. The molecule has 2 saturated heterocycles. The highest BCUT2D eigenvalue weighted by atomic mass is 32.2. The quantitative estimate of drug-likeness (QED) is 0.142. The van der Waals surface area contributed by atoms with Gasteiger partial charge >= 0.3 is 5.97 Å². The Morgan fingerprint density at radius 2 is 2.06 bits per heavy atom. The number of thioether (sulfide) groups is 1. The zero-order valence-corrected chi connectivity index (χ0v) is 20.8. The smallest absolute Gasteiger partial charge is 0.352 e. The van der Waals surface area contributed by atoms with Gasteiger partial charge in [0, 0.05) is 28.8 Å². The summed E-state index contributed by atoms with van der Waals surface area (Å²) in [6.07, 6.45) is 2.06. The molecule has 0 aliphatic carbocycles. The van der Waals surface area contributed by atoms with E-state index in [2.05, 4.69) is 15.5 Å². The number of nitrogens with zero attached hydrogens (tertiary/aromatic N) is 4. The topological polar surface area (TPSA) is 179 Å². The van der Waals surface area contributed by atoms with E-state index < -0.39 is 34.9 Å². The van der Waals surface area contributed by atoms with E-state index in [0.717, 1.165) is 16.2 Å². The normalized spacial score (nSPS) is 24.1. The van der Waals surface area contributed by atoms with E-state index in [1.165, 1.54) is 17.1 Å². The lowest BCUT2D eigenvalue weighted by Gasteiger charge is -2.49. The second-order valence-corrected chi connectivity index (χ2v) is 11.1. The maximum absolute atomic E-state index is 12.9. The minimum Gasteiger partial charge on any atom is -0.477 e. The molecule has 0 radical (unpaired) electrons. The summed E-state index contributed by atoms with van der Waals surface area (Å²) in [6, 6.07) is -1.02. The van der Waals surface area contributed by atoms with E-state index in [0.29, 0.717) is 24.1 Å². The van der Waals surface area contributed by atoms with Crippen molar-refractivity contribution in [3.63, 3.8) is 0 Å². The summed E-state index contributed by atoms with van der Waals surface area (Å²) in [6.45, 7) is 6.33. The first-order valence-electron chi connectivity index (χ1n) is 10.6. The highest BCUT2D eigenvalue weighted by molar-refractivity contribution is 8.00. The lowest BCUT2D eigenvalue weighted by Crippen LogP contribution is -2.71. The molecule has 1 aromatic heterocycles. The number of carbonyl (C=O) groups excluding carboxylic acids is 3. The molecule has 5 N–H and O–H groups in total. The molecule has 186 valence electrons. The Hall–Kier alpha value is -3.39. The molecule has 4 heterocycles. The van der Waals surface area contributed by atoms with Gasteiger partial charge in [-0.2, -0.15) is 0 Å². The number of aliphatic carboxylic acids is 1. The Kier molecular flexibility index (Phi) is 6.36. The van der Waals surface area contributed by atoms with Gasteiger partial charge in [0.05, 0.1) is 0 Å². The Labute approximate surface area is 208 Å². The lowest BCUT2D eigenvalue weighted by molar-refractivity contribution is -0.150. The van der Waals surface area contributed by atoms with Crippen LogP contribution < -0.4 is 11.1 Å². The number of β-lactam (4-membered cyclic amide) rings is 1. The van der Waals surface area contributed by atoms with Gasteiger partial charge in [-0.1, -0.05) is 5.16 Å². The van der Waals surface area contributed by atoms with E-state index in [4.69, 9.17) is 5.73 Å². The maximum atomic E-state index is 12.9. The molecule has 12 nitrogen and oxygen atoms in total. The van der Waals surface area contributed by atoms with E-state index in [1.54, 1.807) is 11.0 Å². The SMILES string of the molecule is CC(C)(C)N1CCC(=CC2=C(C(=O)O)N3C(=O)C(NC(=O)C(=NO)c4csc(N)n4)C3SC2)C1=O. The fourth-order valence-corrected chi connectivity index (χ4v) is 6.02. The monoisotopic (exact) mass is 520 g/mol. The van der Waals surface area contributed by atoms with Crippen molar-refractivity contribution >= 4 is 57.6 Å². The molecule has 3 aliphatic heterocycles. The summed E-state index contributed by atoms with van der Waals surface area (Å²) in [7, 11) is 0. The number of carboxylic acid groups (broad SMARTS) is 1. The van der Waals surface area contributed by atoms with Crippen LogP contribution in [-0.4, -0.2) is 83.8 Å². The third kappa shape index (κ3) is 4.38. The van der Waals surface area contributed by atoms with Crippen LogP contribution in [0.4, 0.5) is 5.13 Å². The number of fused-ring (bicyclic) bond motifs is 1. The zero-order chi connectivity index (χ0) is 25.7. The highest BCUT2D eigenvalue weighted by Gasteiger charge is 2.54. The molecule has 35 heavy (non-hydrogen) atoms. The average molecular weight is 521 g/mol. The molecule has 0 spiro atoms. The van der Waals surface area contributed by atoms with Crippen LogP contribution in [0.5, 0.6) is 0 Å². The summed E-state index contributed by atoms with van der Waals surface area (Å²) >= 11 is 2.32. The highest BCUT2D eigenvalue weighted by Crippen LogP contribution is 2.41.